The number of pyridine rings is 1. The maximum atomic E-state index is 11.2. The maximum Gasteiger partial charge on any atom is 0.311 e. The Morgan fingerprint density at radius 1 is 1.53 bits per heavy atom. The molecule has 2 aromatic heterocycles. The van der Waals surface area contributed by atoms with Gasteiger partial charge in [-0.1, -0.05) is 6.07 Å². The second kappa shape index (κ2) is 4.11. The molecule has 2 aromatic rings. The van der Waals surface area contributed by atoms with E-state index in [1.165, 1.54) is 4.68 Å². The number of tetrazole rings is 1. The van der Waals surface area contributed by atoms with Gasteiger partial charge in [0.1, 0.15) is 5.69 Å². The van der Waals surface area contributed by atoms with Gasteiger partial charge in [-0.2, -0.15) is 0 Å². The SMILES string of the molecule is Cc1cccnc1-c1nnnn1CC1(C(=O)O)CC1. The van der Waals surface area contributed by atoms with Crippen molar-refractivity contribution in [3.63, 3.8) is 0 Å². The predicted molar refractivity (Wildman–Crippen MR) is 65.1 cm³/mol. The van der Waals surface area contributed by atoms with Gasteiger partial charge in [0.2, 0.25) is 5.82 Å². The monoisotopic (exact) mass is 259 g/mol. The van der Waals surface area contributed by atoms with Crippen LogP contribution >= 0.6 is 0 Å². The molecule has 0 unspecified atom stereocenters. The molecule has 1 saturated carbocycles. The van der Waals surface area contributed by atoms with Gasteiger partial charge in [-0.05, 0) is 41.8 Å². The van der Waals surface area contributed by atoms with Crippen molar-refractivity contribution in [1.29, 1.82) is 0 Å². The van der Waals surface area contributed by atoms with E-state index in [1.807, 2.05) is 19.1 Å². The topological polar surface area (TPSA) is 93.8 Å². The average Bonchev–Trinajstić information content (AvgIpc) is 3.03. The zero-order valence-corrected chi connectivity index (χ0v) is 10.4. The summed E-state index contributed by atoms with van der Waals surface area (Å²) in [5.41, 5.74) is 0.944. The summed E-state index contributed by atoms with van der Waals surface area (Å²) in [7, 11) is 0. The molecule has 0 spiro atoms. The van der Waals surface area contributed by atoms with Crippen LogP contribution in [-0.4, -0.2) is 36.3 Å². The molecular weight excluding hydrogens is 246 g/mol. The molecule has 7 heteroatoms. The highest BCUT2D eigenvalue weighted by atomic mass is 16.4. The maximum absolute atomic E-state index is 11.2. The lowest BCUT2D eigenvalue weighted by atomic mass is 10.1. The largest absolute Gasteiger partial charge is 0.481 e. The second-order valence-corrected chi connectivity index (χ2v) is 4.91. The highest BCUT2D eigenvalue weighted by Gasteiger charge is 2.51. The lowest BCUT2D eigenvalue weighted by molar-refractivity contribution is -0.144. The molecule has 3 rings (SSSR count). The van der Waals surface area contributed by atoms with Crippen LogP contribution in [0.15, 0.2) is 18.3 Å². The van der Waals surface area contributed by atoms with Crippen LogP contribution in [0.5, 0.6) is 0 Å². The molecular formula is C12H13N5O2. The Morgan fingerprint density at radius 3 is 2.95 bits per heavy atom. The summed E-state index contributed by atoms with van der Waals surface area (Å²) in [4.78, 5) is 15.5. The van der Waals surface area contributed by atoms with Crippen LogP contribution in [0, 0.1) is 12.3 Å². The number of carboxylic acid groups (broad SMARTS) is 1. The Kier molecular flexibility index (Phi) is 2.55. The number of carbonyl (C=O) groups is 1. The van der Waals surface area contributed by atoms with Crippen LogP contribution in [0.1, 0.15) is 18.4 Å². The molecule has 0 bridgehead atoms. The fourth-order valence-corrected chi connectivity index (χ4v) is 2.08. The van der Waals surface area contributed by atoms with E-state index < -0.39 is 11.4 Å². The van der Waals surface area contributed by atoms with E-state index in [0.717, 1.165) is 5.56 Å². The van der Waals surface area contributed by atoms with Crippen molar-refractivity contribution < 1.29 is 9.90 Å². The molecule has 1 aliphatic carbocycles. The molecule has 0 amide bonds. The number of carboxylic acids is 1. The number of aliphatic carboxylic acids is 1. The van der Waals surface area contributed by atoms with Crippen molar-refractivity contribution in [2.24, 2.45) is 5.41 Å². The third-order valence-electron chi connectivity index (χ3n) is 3.51. The molecule has 1 aliphatic rings. The molecule has 0 atom stereocenters. The third kappa shape index (κ3) is 1.96. The molecule has 2 heterocycles. The summed E-state index contributed by atoms with van der Waals surface area (Å²) in [5, 5.41) is 20.7. The number of hydrogen-bond acceptors (Lipinski definition) is 5. The Bertz CT molecular complexity index is 633. The number of nitrogens with zero attached hydrogens (tertiary/aromatic N) is 5. The summed E-state index contributed by atoms with van der Waals surface area (Å²) in [5.74, 6) is -0.266. The molecule has 0 saturated heterocycles. The summed E-state index contributed by atoms with van der Waals surface area (Å²) in [6, 6.07) is 3.76. The van der Waals surface area contributed by atoms with Crippen LogP contribution in [0.3, 0.4) is 0 Å². The van der Waals surface area contributed by atoms with E-state index in [9.17, 15) is 9.90 Å². The van der Waals surface area contributed by atoms with Gasteiger partial charge in [0.15, 0.2) is 0 Å². The quantitative estimate of drug-likeness (QED) is 0.877. The van der Waals surface area contributed by atoms with E-state index in [1.54, 1.807) is 6.20 Å². The standard InChI is InChI=1S/C12H13N5O2/c1-8-3-2-6-13-9(8)10-14-15-16-17(10)7-12(4-5-12)11(18)19/h2-3,6H,4-5,7H2,1H3,(H,18,19). The first-order valence-corrected chi connectivity index (χ1v) is 6.04. The fraction of sp³-hybridized carbons (Fsp3) is 0.417. The summed E-state index contributed by atoms with van der Waals surface area (Å²) >= 11 is 0. The minimum absolute atomic E-state index is 0.292. The Labute approximate surface area is 109 Å². The predicted octanol–water partition coefficient (Wildman–Crippen LogP) is 0.908. The van der Waals surface area contributed by atoms with Crippen molar-refractivity contribution in [2.45, 2.75) is 26.3 Å². The molecule has 19 heavy (non-hydrogen) atoms. The van der Waals surface area contributed by atoms with Gasteiger partial charge in [0, 0.05) is 6.20 Å². The van der Waals surface area contributed by atoms with Crippen molar-refractivity contribution >= 4 is 5.97 Å². The van der Waals surface area contributed by atoms with Crippen LogP contribution in [0.4, 0.5) is 0 Å². The normalized spacial score (nSPS) is 16.3. The van der Waals surface area contributed by atoms with Crippen LogP contribution in [0.2, 0.25) is 0 Å². The molecule has 0 aromatic carbocycles. The Balaban J connectivity index is 1.96. The van der Waals surface area contributed by atoms with E-state index in [4.69, 9.17) is 0 Å². The molecule has 0 aliphatic heterocycles. The highest BCUT2D eigenvalue weighted by molar-refractivity contribution is 5.77. The van der Waals surface area contributed by atoms with E-state index in [-0.39, 0.29) is 0 Å². The highest BCUT2D eigenvalue weighted by Crippen LogP contribution is 2.47. The molecule has 0 radical (unpaired) electrons. The van der Waals surface area contributed by atoms with Crippen LogP contribution in [0.25, 0.3) is 11.5 Å². The van der Waals surface area contributed by atoms with Gasteiger partial charge in [0.25, 0.3) is 0 Å². The van der Waals surface area contributed by atoms with Crippen LogP contribution < -0.4 is 0 Å². The summed E-state index contributed by atoms with van der Waals surface area (Å²) < 4.78 is 1.54. The minimum Gasteiger partial charge on any atom is -0.481 e. The van der Waals surface area contributed by atoms with Crippen molar-refractivity contribution in [3.8, 4) is 11.5 Å². The van der Waals surface area contributed by atoms with E-state index in [0.29, 0.717) is 30.9 Å². The lowest BCUT2D eigenvalue weighted by Crippen LogP contribution is -2.23. The summed E-state index contributed by atoms with van der Waals surface area (Å²) in [6.45, 7) is 2.21. The minimum atomic E-state index is -0.785. The smallest absolute Gasteiger partial charge is 0.311 e. The van der Waals surface area contributed by atoms with Gasteiger partial charge < -0.3 is 5.11 Å². The zero-order chi connectivity index (χ0) is 13.5. The third-order valence-corrected chi connectivity index (χ3v) is 3.51. The number of rotatable bonds is 4. The summed E-state index contributed by atoms with van der Waals surface area (Å²) in [6.07, 6.45) is 3.01. The number of hydrogen-bond donors (Lipinski definition) is 1. The Morgan fingerprint density at radius 2 is 2.32 bits per heavy atom. The van der Waals surface area contributed by atoms with E-state index >= 15 is 0 Å². The van der Waals surface area contributed by atoms with Gasteiger partial charge in [-0.25, -0.2) is 4.68 Å². The molecule has 98 valence electrons. The van der Waals surface area contributed by atoms with Crippen molar-refractivity contribution in [1.82, 2.24) is 25.2 Å². The second-order valence-electron chi connectivity index (χ2n) is 4.91. The average molecular weight is 259 g/mol. The Hall–Kier alpha value is -2.31. The van der Waals surface area contributed by atoms with Crippen molar-refractivity contribution in [3.05, 3.63) is 23.9 Å². The molecule has 1 fully saturated rings. The number of aryl methyl sites for hydroxylation is 1. The lowest BCUT2D eigenvalue weighted by Gasteiger charge is -2.11. The first-order valence-electron chi connectivity index (χ1n) is 6.04. The van der Waals surface area contributed by atoms with E-state index in [2.05, 4.69) is 20.5 Å². The zero-order valence-electron chi connectivity index (χ0n) is 10.4. The van der Waals surface area contributed by atoms with Crippen LogP contribution in [-0.2, 0) is 11.3 Å². The van der Waals surface area contributed by atoms with Crippen molar-refractivity contribution in [2.75, 3.05) is 0 Å². The number of aromatic nitrogens is 5. The first-order chi connectivity index (χ1) is 9.12. The van der Waals surface area contributed by atoms with Gasteiger partial charge in [-0.15, -0.1) is 5.10 Å². The first kappa shape index (κ1) is 11.8. The fourth-order valence-electron chi connectivity index (χ4n) is 2.08. The molecule has 1 N–H and O–H groups in total. The molecule has 7 nitrogen and oxygen atoms in total. The van der Waals surface area contributed by atoms with Gasteiger partial charge in [0.05, 0.1) is 12.0 Å². The van der Waals surface area contributed by atoms with Gasteiger partial charge in [-0.3, -0.25) is 9.78 Å². The van der Waals surface area contributed by atoms with Gasteiger partial charge >= 0.3 is 5.97 Å².